The summed E-state index contributed by atoms with van der Waals surface area (Å²) < 4.78 is 4.40. The summed E-state index contributed by atoms with van der Waals surface area (Å²) in [6, 6.07) is 2.31. The van der Waals surface area contributed by atoms with Gasteiger partial charge < -0.3 is 15.2 Å². The molecule has 0 saturated carbocycles. The Morgan fingerprint density at radius 3 is 2.45 bits per heavy atom. The van der Waals surface area contributed by atoms with E-state index in [-0.39, 0.29) is 11.3 Å². The summed E-state index contributed by atoms with van der Waals surface area (Å²) in [5.74, 6) is -2.59. The number of carbonyl (C=O) groups is 2. The van der Waals surface area contributed by atoms with Crippen molar-refractivity contribution >= 4 is 23.3 Å². The average molecular weight is 282 g/mol. The quantitative estimate of drug-likeness (QED) is 0.492. The van der Waals surface area contributed by atoms with Crippen LogP contribution in [0.4, 0.5) is 11.4 Å². The molecule has 1 amide bonds. The number of methoxy groups -OCH3 is 1. The van der Waals surface area contributed by atoms with Crippen LogP contribution in [-0.4, -0.2) is 29.0 Å². The number of benzene rings is 1. The van der Waals surface area contributed by atoms with Crippen molar-refractivity contribution in [1.82, 2.24) is 0 Å². The fourth-order valence-electron chi connectivity index (χ4n) is 1.42. The van der Waals surface area contributed by atoms with E-state index in [1.807, 2.05) is 0 Å². The third-order valence-electron chi connectivity index (χ3n) is 2.52. The molecule has 0 atom stereocenters. The van der Waals surface area contributed by atoms with E-state index in [9.17, 15) is 24.8 Å². The van der Waals surface area contributed by atoms with Crippen LogP contribution in [-0.2, 0) is 9.53 Å². The molecule has 0 heterocycles. The third-order valence-corrected chi connectivity index (χ3v) is 2.52. The van der Waals surface area contributed by atoms with Crippen molar-refractivity contribution in [1.29, 1.82) is 0 Å². The summed E-state index contributed by atoms with van der Waals surface area (Å²) in [4.78, 5) is 33.0. The number of nitrogens with zero attached hydrogens (tertiary/aromatic N) is 1. The molecule has 8 heteroatoms. The number of phenolic OH excluding ortho intramolecular Hbond substituents is 1. The van der Waals surface area contributed by atoms with Gasteiger partial charge in [-0.25, -0.2) is 4.79 Å². The lowest BCUT2D eigenvalue weighted by atomic mass is 10.1. The highest BCUT2D eigenvalue weighted by molar-refractivity contribution is 5.99. The van der Waals surface area contributed by atoms with E-state index in [4.69, 9.17) is 0 Å². The number of hydrogen-bond acceptors (Lipinski definition) is 6. The number of esters is 1. The summed E-state index contributed by atoms with van der Waals surface area (Å²) in [5.41, 5.74) is -1.28. The zero-order valence-electron chi connectivity index (χ0n) is 11.2. The average Bonchev–Trinajstić information content (AvgIpc) is 2.37. The fourth-order valence-corrected chi connectivity index (χ4v) is 1.42. The highest BCUT2D eigenvalue weighted by Crippen LogP contribution is 2.37. The van der Waals surface area contributed by atoms with Gasteiger partial charge in [0, 0.05) is 5.92 Å². The lowest BCUT2D eigenvalue weighted by molar-refractivity contribution is -0.385. The van der Waals surface area contributed by atoms with Crippen LogP contribution in [0.25, 0.3) is 0 Å². The number of hydrogen-bond donors (Lipinski definition) is 2. The Kier molecular flexibility index (Phi) is 4.63. The minimum absolute atomic E-state index is 0.182. The van der Waals surface area contributed by atoms with Crippen LogP contribution in [0.3, 0.4) is 0 Å². The van der Waals surface area contributed by atoms with Gasteiger partial charge in [0.05, 0.1) is 12.0 Å². The predicted molar refractivity (Wildman–Crippen MR) is 69.6 cm³/mol. The van der Waals surface area contributed by atoms with Crippen molar-refractivity contribution in [2.24, 2.45) is 5.92 Å². The minimum Gasteiger partial charge on any atom is -0.501 e. The molecule has 0 spiro atoms. The maximum absolute atomic E-state index is 11.6. The Bertz CT molecular complexity index is 567. The van der Waals surface area contributed by atoms with Gasteiger partial charge in [-0.1, -0.05) is 13.8 Å². The zero-order chi connectivity index (χ0) is 15.4. The number of nitrogens with one attached hydrogen (secondary N) is 1. The monoisotopic (exact) mass is 282 g/mol. The number of anilines is 1. The fraction of sp³-hybridized carbons (Fsp3) is 0.333. The number of aromatic hydroxyl groups is 1. The lowest BCUT2D eigenvalue weighted by Crippen LogP contribution is -2.18. The Morgan fingerprint density at radius 2 is 2.00 bits per heavy atom. The number of nitro groups is 1. The summed E-state index contributed by atoms with van der Waals surface area (Å²) in [7, 11) is 1.09. The van der Waals surface area contributed by atoms with Crippen LogP contribution >= 0.6 is 0 Å². The smallest absolute Gasteiger partial charge is 0.341 e. The van der Waals surface area contributed by atoms with Gasteiger partial charge >= 0.3 is 11.7 Å². The van der Waals surface area contributed by atoms with Gasteiger partial charge in [-0.2, -0.15) is 0 Å². The van der Waals surface area contributed by atoms with E-state index in [2.05, 4.69) is 10.1 Å². The molecule has 0 saturated heterocycles. The second-order valence-corrected chi connectivity index (χ2v) is 4.25. The Hall–Kier alpha value is -2.64. The maximum atomic E-state index is 11.6. The highest BCUT2D eigenvalue weighted by Gasteiger charge is 2.27. The first kappa shape index (κ1) is 15.4. The van der Waals surface area contributed by atoms with E-state index in [1.165, 1.54) is 6.07 Å². The number of rotatable bonds is 4. The molecule has 2 N–H and O–H groups in total. The van der Waals surface area contributed by atoms with Gasteiger partial charge in [0.2, 0.25) is 11.7 Å². The summed E-state index contributed by atoms with van der Waals surface area (Å²) in [6.45, 7) is 3.23. The van der Waals surface area contributed by atoms with E-state index in [0.29, 0.717) is 0 Å². The SMILES string of the molecule is COC(=O)c1ccc(NC(=O)C(C)C)c([N+](=O)[O-])c1O. The Morgan fingerprint density at radius 1 is 1.40 bits per heavy atom. The number of amides is 1. The molecule has 1 aromatic carbocycles. The Labute approximate surface area is 114 Å². The summed E-state index contributed by atoms with van der Waals surface area (Å²) in [6.07, 6.45) is 0. The summed E-state index contributed by atoms with van der Waals surface area (Å²) >= 11 is 0. The molecule has 108 valence electrons. The molecule has 0 aliphatic heterocycles. The molecule has 0 bridgehead atoms. The van der Waals surface area contributed by atoms with Gasteiger partial charge in [0.25, 0.3) is 0 Å². The number of carbonyl (C=O) groups excluding carboxylic acids is 2. The number of ether oxygens (including phenoxy) is 1. The van der Waals surface area contributed by atoms with E-state index < -0.39 is 34.2 Å². The molecule has 0 radical (unpaired) electrons. The number of phenols is 1. The first-order chi connectivity index (χ1) is 9.29. The Balaban J connectivity index is 3.34. The first-order valence-corrected chi connectivity index (χ1v) is 5.69. The van der Waals surface area contributed by atoms with Crippen LogP contribution < -0.4 is 5.32 Å². The zero-order valence-corrected chi connectivity index (χ0v) is 11.2. The van der Waals surface area contributed by atoms with Crippen LogP contribution in [0.1, 0.15) is 24.2 Å². The topological polar surface area (TPSA) is 119 Å². The second-order valence-electron chi connectivity index (χ2n) is 4.25. The normalized spacial score (nSPS) is 10.2. The van der Waals surface area contributed by atoms with E-state index in [1.54, 1.807) is 13.8 Å². The van der Waals surface area contributed by atoms with Gasteiger partial charge in [-0.15, -0.1) is 0 Å². The van der Waals surface area contributed by atoms with Crippen LogP contribution in [0.15, 0.2) is 12.1 Å². The van der Waals surface area contributed by atoms with Gasteiger partial charge in [-0.05, 0) is 12.1 Å². The lowest BCUT2D eigenvalue weighted by Gasteiger charge is -2.10. The minimum atomic E-state index is -0.910. The van der Waals surface area contributed by atoms with Gasteiger partial charge in [-0.3, -0.25) is 14.9 Å². The molecule has 1 aromatic rings. The first-order valence-electron chi connectivity index (χ1n) is 5.69. The maximum Gasteiger partial charge on any atom is 0.341 e. The highest BCUT2D eigenvalue weighted by atomic mass is 16.6. The van der Waals surface area contributed by atoms with Gasteiger partial charge in [0.1, 0.15) is 11.3 Å². The van der Waals surface area contributed by atoms with Crippen molar-refractivity contribution in [3.05, 3.63) is 27.8 Å². The van der Waals surface area contributed by atoms with Crippen molar-refractivity contribution in [2.45, 2.75) is 13.8 Å². The van der Waals surface area contributed by atoms with Crippen LogP contribution in [0.2, 0.25) is 0 Å². The molecule has 1 rings (SSSR count). The van der Waals surface area contributed by atoms with E-state index in [0.717, 1.165) is 13.2 Å². The van der Waals surface area contributed by atoms with E-state index >= 15 is 0 Å². The van der Waals surface area contributed by atoms with Crippen molar-refractivity contribution in [2.75, 3.05) is 12.4 Å². The molecule has 0 aliphatic carbocycles. The van der Waals surface area contributed by atoms with Crippen molar-refractivity contribution in [3.63, 3.8) is 0 Å². The molecular formula is C12H14N2O6. The van der Waals surface area contributed by atoms with Crippen LogP contribution in [0.5, 0.6) is 5.75 Å². The van der Waals surface area contributed by atoms with Crippen molar-refractivity contribution < 1.29 is 24.4 Å². The summed E-state index contributed by atoms with van der Waals surface area (Å²) in [5, 5.41) is 23.1. The molecule has 8 nitrogen and oxygen atoms in total. The molecule has 0 unspecified atom stereocenters. The standard InChI is InChI=1S/C12H14N2O6/c1-6(2)11(16)13-8-5-4-7(12(17)20-3)10(15)9(8)14(18)19/h4-6,15H,1-3H3,(H,13,16). The third kappa shape index (κ3) is 3.02. The largest absolute Gasteiger partial charge is 0.501 e. The molecule has 0 aromatic heterocycles. The molecule has 0 fully saturated rings. The predicted octanol–water partition coefficient (Wildman–Crippen LogP) is 1.68. The second kappa shape index (κ2) is 6.00. The molecular weight excluding hydrogens is 268 g/mol. The van der Waals surface area contributed by atoms with Gasteiger partial charge in [0.15, 0.2) is 0 Å². The van der Waals surface area contributed by atoms with Crippen LogP contribution in [0, 0.1) is 16.0 Å². The molecule has 0 aliphatic rings. The molecule has 20 heavy (non-hydrogen) atoms. The van der Waals surface area contributed by atoms with Crippen molar-refractivity contribution in [3.8, 4) is 5.75 Å². The number of nitro benzene ring substituents is 1.